The van der Waals surface area contributed by atoms with E-state index in [1.807, 2.05) is 6.92 Å². The summed E-state index contributed by atoms with van der Waals surface area (Å²) in [5.41, 5.74) is -3.26. The summed E-state index contributed by atoms with van der Waals surface area (Å²) in [6, 6.07) is 0. The van der Waals surface area contributed by atoms with Crippen LogP contribution in [0.15, 0.2) is 25.3 Å². The number of carbonyl (C=O) groups is 4. The summed E-state index contributed by atoms with van der Waals surface area (Å²) in [5, 5.41) is 36.9. The molecule has 0 aromatic heterocycles. The van der Waals surface area contributed by atoms with Crippen LogP contribution >= 0.6 is 0 Å². The van der Waals surface area contributed by atoms with Gasteiger partial charge in [0.2, 0.25) is 0 Å². The Balaban J connectivity index is 0.000000330. The minimum atomic E-state index is -1.71. The van der Waals surface area contributed by atoms with Crippen LogP contribution in [0.3, 0.4) is 0 Å². The Morgan fingerprint density at radius 3 is 1.75 bits per heavy atom. The number of hydrogen-bond acceptors (Lipinski definition) is 4. The van der Waals surface area contributed by atoms with Crippen molar-refractivity contribution in [2.45, 2.75) is 71.6 Å². The van der Waals surface area contributed by atoms with Gasteiger partial charge in [0.1, 0.15) is 0 Å². The van der Waals surface area contributed by atoms with Crippen molar-refractivity contribution in [1.29, 1.82) is 0 Å². The third kappa shape index (κ3) is 5.05. The van der Waals surface area contributed by atoms with Crippen molar-refractivity contribution in [2.24, 2.45) is 28.1 Å². The SMILES string of the molecule is C=CCC1(CC=C)CCCCC1(C(=O)O)C(=O)O.C[C@H]1CC(C(=O)O)CC[C@@]1(C)C(=O)O. The minimum Gasteiger partial charge on any atom is -0.481 e. The number of carboxylic acid groups (broad SMARTS) is 4. The Morgan fingerprint density at radius 2 is 1.38 bits per heavy atom. The first-order valence-electron chi connectivity index (χ1n) is 11.0. The van der Waals surface area contributed by atoms with E-state index in [1.54, 1.807) is 19.1 Å². The smallest absolute Gasteiger partial charge is 0.321 e. The molecular weight excluding hydrogens is 416 g/mol. The van der Waals surface area contributed by atoms with E-state index in [4.69, 9.17) is 10.2 Å². The van der Waals surface area contributed by atoms with Crippen molar-refractivity contribution >= 4 is 23.9 Å². The van der Waals surface area contributed by atoms with Crippen molar-refractivity contribution in [3.63, 3.8) is 0 Å². The highest BCUT2D eigenvalue weighted by atomic mass is 16.4. The third-order valence-corrected chi connectivity index (χ3v) is 7.74. The van der Waals surface area contributed by atoms with Gasteiger partial charge in [-0.3, -0.25) is 19.2 Å². The lowest BCUT2D eigenvalue weighted by molar-refractivity contribution is -0.181. The molecule has 3 atom stereocenters. The second kappa shape index (κ2) is 10.8. The fourth-order valence-corrected chi connectivity index (χ4v) is 5.35. The molecule has 8 heteroatoms. The maximum Gasteiger partial charge on any atom is 0.321 e. The molecule has 2 saturated carbocycles. The predicted octanol–water partition coefficient (Wildman–Crippen LogP) is 4.45. The quantitative estimate of drug-likeness (QED) is 0.312. The van der Waals surface area contributed by atoms with E-state index < -0.39 is 40.1 Å². The third-order valence-electron chi connectivity index (χ3n) is 7.74. The molecule has 0 amide bonds. The predicted molar refractivity (Wildman–Crippen MR) is 118 cm³/mol. The molecule has 0 aromatic rings. The molecule has 1 unspecified atom stereocenters. The lowest BCUT2D eigenvalue weighted by atomic mass is 9.53. The van der Waals surface area contributed by atoms with Gasteiger partial charge in [-0.15, -0.1) is 13.2 Å². The van der Waals surface area contributed by atoms with E-state index in [-0.39, 0.29) is 18.3 Å². The Hall–Kier alpha value is -2.64. The fraction of sp³-hybridized carbons (Fsp3) is 0.667. The largest absolute Gasteiger partial charge is 0.481 e. The van der Waals surface area contributed by atoms with E-state index in [2.05, 4.69) is 13.2 Å². The van der Waals surface area contributed by atoms with E-state index in [0.29, 0.717) is 44.9 Å². The molecule has 0 heterocycles. The zero-order valence-corrected chi connectivity index (χ0v) is 19.0. The monoisotopic (exact) mass is 452 g/mol. The van der Waals surface area contributed by atoms with Gasteiger partial charge in [0, 0.05) is 5.41 Å². The van der Waals surface area contributed by atoms with Gasteiger partial charge in [-0.1, -0.05) is 31.9 Å². The van der Waals surface area contributed by atoms with Gasteiger partial charge in [0.25, 0.3) is 0 Å². The lowest BCUT2D eigenvalue weighted by Gasteiger charge is -2.48. The lowest BCUT2D eigenvalue weighted by Crippen LogP contribution is -2.55. The molecule has 4 N–H and O–H groups in total. The van der Waals surface area contributed by atoms with Crippen LogP contribution in [0.25, 0.3) is 0 Å². The van der Waals surface area contributed by atoms with E-state index in [9.17, 15) is 29.4 Å². The Kier molecular flexibility index (Phi) is 9.24. The van der Waals surface area contributed by atoms with Crippen LogP contribution in [-0.4, -0.2) is 44.3 Å². The first-order valence-corrected chi connectivity index (χ1v) is 11.0. The molecule has 8 nitrogen and oxygen atoms in total. The molecule has 0 aliphatic heterocycles. The molecule has 0 bridgehead atoms. The number of hydrogen-bond donors (Lipinski definition) is 4. The fourth-order valence-electron chi connectivity index (χ4n) is 5.35. The molecule has 2 aliphatic rings. The Labute approximate surface area is 189 Å². The van der Waals surface area contributed by atoms with Crippen LogP contribution in [-0.2, 0) is 19.2 Å². The normalized spacial score (nSPS) is 28.3. The minimum absolute atomic E-state index is 0.0742. The summed E-state index contributed by atoms with van der Waals surface area (Å²) < 4.78 is 0. The molecule has 0 aromatic carbocycles. The van der Waals surface area contributed by atoms with Crippen molar-refractivity contribution < 1.29 is 39.6 Å². The van der Waals surface area contributed by atoms with Crippen LogP contribution < -0.4 is 0 Å². The molecule has 32 heavy (non-hydrogen) atoms. The highest BCUT2D eigenvalue weighted by Gasteiger charge is 2.61. The Bertz CT molecular complexity index is 731. The van der Waals surface area contributed by atoms with Crippen LogP contribution in [0.2, 0.25) is 0 Å². The second-order valence-electron chi connectivity index (χ2n) is 9.42. The summed E-state index contributed by atoms with van der Waals surface area (Å²) in [7, 11) is 0. The van der Waals surface area contributed by atoms with Gasteiger partial charge in [-0.2, -0.15) is 0 Å². The van der Waals surface area contributed by atoms with Gasteiger partial charge in [0.05, 0.1) is 11.3 Å². The van der Waals surface area contributed by atoms with Crippen LogP contribution in [0.4, 0.5) is 0 Å². The number of allylic oxidation sites excluding steroid dienone is 2. The highest BCUT2D eigenvalue weighted by Crippen LogP contribution is 2.56. The van der Waals surface area contributed by atoms with E-state index in [0.717, 1.165) is 6.42 Å². The molecule has 0 radical (unpaired) electrons. The highest BCUT2D eigenvalue weighted by molar-refractivity contribution is 5.99. The van der Waals surface area contributed by atoms with Crippen LogP contribution in [0.1, 0.15) is 71.6 Å². The number of carboxylic acids is 4. The summed E-state index contributed by atoms with van der Waals surface area (Å²) in [6.45, 7) is 10.8. The maximum absolute atomic E-state index is 11.6. The van der Waals surface area contributed by atoms with Gasteiger partial charge < -0.3 is 20.4 Å². The summed E-state index contributed by atoms with van der Waals surface area (Å²) in [5.74, 6) is -4.53. The molecule has 180 valence electrons. The summed E-state index contributed by atoms with van der Waals surface area (Å²) >= 11 is 0. The van der Waals surface area contributed by atoms with E-state index in [1.165, 1.54) is 0 Å². The van der Waals surface area contributed by atoms with Gasteiger partial charge >= 0.3 is 23.9 Å². The van der Waals surface area contributed by atoms with Gasteiger partial charge in [-0.25, -0.2) is 0 Å². The second-order valence-corrected chi connectivity index (χ2v) is 9.42. The molecule has 2 aliphatic carbocycles. The van der Waals surface area contributed by atoms with Gasteiger partial charge in [0.15, 0.2) is 5.41 Å². The average molecular weight is 453 g/mol. The molecule has 0 spiro atoms. The zero-order chi connectivity index (χ0) is 24.7. The summed E-state index contributed by atoms with van der Waals surface area (Å²) in [4.78, 5) is 45.0. The van der Waals surface area contributed by atoms with Gasteiger partial charge in [-0.05, 0) is 57.8 Å². The van der Waals surface area contributed by atoms with Crippen molar-refractivity contribution in [3.05, 3.63) is 25.3 Å². The molecule has 2 fully saturated rings. The number of aliphatic carboxylic acids is 4. The van der Waals surface area contributed by atoms with Crippen LogP contribution in [0, 0.1) is 28.1 Å². The molecular formula is C24H36O8. The van der Waals surface area contributed by atoms with Crippen molar-refractivity contribution in [3.8, 4) is 0 Å². The average Bonchev–Trinajstić information content (AvgIpc) is 2.70. The van der Waals surface area contributed by atoms with Crippen LogP contribution in [0.5, 0.6) is 0 Å². The van der Waals surface area contributed by atoms with Crippen molar-refractivity contribution in [1.82, 2.24) is 0 Å². The maximum atomic E-state index is 11.6. The molecule has 0 saturated heterocycles. The standard InChI is InChI=1S/C14H20O4.C10H16O4/c1-3-7-13(8-4-2)9-5-6-10-14(13,11(15)16)12(17)18;1-6-5-7(8(11)12)3-4-10(6,2)9(13)14/h3-4H,1-2,5-10H2,(H,15,16)(H,17,18);6-7H,3-5H2,1-2H3,(H,11,12)(H,13,14)/t;6-,7?,10+/m.0/s1. The molecule has 2 rings (SSSR count). The van der Waals surface area contributed by atoms with Crippen molar-refractivity contribution in [2.75, 3.05) is 0 Å². The zero-order valence-electron chi connectivity index (χ0n) is 19.0. The summed E-state index contributed by atoms with van der Waals surface area (Å²) in [6.07, 6.45) is 7.67. The topological polar surface area (TPSA) is 149 Å². The first-order chi connectivity index (χ1) is 14.8. The number of rotatable bonds is 8. The van der Waals surface area contributed by atoms with E-state index >= 15 is 0 Å². The first kappa shape index (κ1) is 27.4. The Morgan fingerprint density at radius 1 is 0.875 bits per heavy atom.